The maximum atomic E-state index is 12.1. The Kier molecular flexibility index (Phi) is 4.81. The van der Waals surface area contributed by atoms with Crippen LogP contribution in [0.4, 0.5) is 5.69 Å². The highest BCUT2D eigenvalue weighted by Crippen LogP contribution is 2.18. The van der Waals surface area contributed by atoms with Crippen LogP contribution in [0.15, 0.2) is 24.3 Å². The van der Waals surface area contributed by atoms with Crippen molar-refractivity contribution in [2.45, 2.75) is 25.5 Å². The first-order valence-electron chi connectivity index (χ1n) is 6.42. The molecule has 1 aromatic rings. The molecule has 1 rings (SSSR count). The second-order valence-electron chi connectivity index (χ2n) is 5.81. The lowest BCUT2D eigenvalue weighted by molar-refractivity contribution is 0.559. The van der Waals surface area contributed by atoms with Crippen molar-refractivity contribution in [1.82, 2.24) is 0 Å². The molecule has 6 heteroatoms. The summed E-state index contributed by atoms with van der Waals surface area (Å²) in [5.41, 5.74) is 6.95. The van der Waals surface area contributed by atoms with Crippen LogP contribution in [0, 0.1) is 5.41 Å². The van der Waals surface area contributed by atoms with Gasteiger partial charge in [-0.3, -0.25) is 5.41 Å². The van der Waals surface area contributed by atoms with Crippen LogP contribution in [-0.2, 0) is 9.84 Å². The van der Waals surface area contributed by atoms with Gasteiger partial charge in [-0.15, -0.1) is 0 Å². The quantitative estimate of drug-likeness (QED) is 0.638. The van der Waals surface area contributed by atoms with E-state index in [1.54, 1.807) is 32.9 Å². The summed E-state index contributed by atoms with van der Waals surface area (Å²) in [6, 6.07) is 7.18. The maximum absolute atomic E-state index is 12.1. The van der Waals surface area contributed by atoms with Crippen LogP contribution in [0.5, 0.6) is 0 Å². The highest BCUT2D eigenvalue weighted by Gasteiger charge is 2.28. The monoisotopic (exact) mass is 297 g/mol. The number of rotatable bonds is 5. The Balaban J connectivity index is 2.73. The number of anilines is 1. The molecule has 0 atom stereocenters. The van der Waals surface area contributed by atoms with E-state index in [4.69, 9.17) is 11.1 Å². The number of hydrogen-bond donors (Lipinski definition) is 2. The van der Waals surface area contributed by atoms with E-state index in [9.17, 15) is 8.42 Å². The Morgan fingerprint density at radius 1 is 1.25 bits per heavy atom. The number of sulfone groups is 1. The van der Waals surface area contributed by atoms with E-state index in [1.807, 2.05) is 24.1 Å². The minimum Gasteiger partial charge on any atom is -0.384 e. The van der Waals surface area contributed by atoms with Gasteiger partial charge in [-0.05, 0) is 45.0 Å². The fraction of sp³-hybridized carbons (Fsp3) is 0.500. The molecule has 0 aliphatic rings. The third-order valence-electron chi connectivity index (χ3n) is 3.25. The number of nitrogen functional groups attached to an aromatic ring is 1. The molecule has 5 nitrogen and oxygen atoms in total. The summed E-state index contributed by atoms with van der Waals surface area (Å²) in [5, 5.41) is 7.33. The topological polar surface area (TPSA) is 87.2 Å². The van der Waals surface area contributed by atoms with Crippen molar-refractivity contribution in [3.8, 4) is 0 Å². The molecule has 20 heavy (non-hydrogen) atoms. The Hall–Kier alpha value is -1.56. The van der Waals surface area contributed by atoms with E-state index >= 15 is 0 Å². The third kappa shape index (κ3) is 3.96. The number of benzene rings is 1. The van der Waals surface area contributed by atoms with E-state index in [0.29, 0.717) is 12.1 Å². The number of nitrogens with two attached hydrogens (primary N) is 1. The van der Waals surface area contributed by atoms with Gasteiger partial charge in [0, 0.05) is 24.8 Å². The molecule has 1 aromatic carbocycles. The van der Waals surface area contributed by atoms with E-state index < -0.39 is 14.6 Å². The van der Waals surface area contributed by atoms with Gasteiger partial charge in [-0.25, -0.2) is 8.42 Å². The summed E-state index contributed by atoms with van der Waals surface area (Å²) < 4.78 is 23.4. The highest BCUT2D eigenvalue weighted by atomic mass is 32.2. The molecule has 0 aromatic heterocycles. The number of nitrogens with zero attached hydrogens (tertiary/aromatic N) is 1. The lowest BCUT2D eigenvalue weighted by Crippen LogP contribution is -2.35. The Morgan fingerprint density at radius 2 is 1.75 bits per heavy atom. The van der Waals surface area contributed by atoms with Crippen molar-refractivity contribution < 1.29 is 8.42 Å². The lowest BCUT2D eigenvalue weighted by atomic mass is 10.2. The van der Waals surface area contributed by atoms with Crippen molar-refractivity contribution in [3.05, 3.63) is 29.8 Å². The average molecular weight is 297 g/mol. The van der Waals surface area contributed by atoms with Crippen LogP contribution in [-0.4, -0.2) is 38.3 Å². The summed E-state index contributed by atoms with van der Waals surface area (Å²) in [4.78, 5) is 1.88. The van der Waals surface area contributed by atoms with Gasteiger partial charge in [0.25, 0.3) is 0 Å². The minimum absolute atomic E-state index is 0.0227. The third-order valence-corrected chi connectivity index (χ3v) is 5.83. The molecule has 3 N–H and O–H groups in total. The number of hydrogen-bond acceptors (Lipinski definition) is 4. The number of amidine groups is 1. The lowest BCUT2D eigenvalue weighted by Gasteiger charge is -2.23. The molecule has 0 spiro atoms. The fourth-order valence-corrected chi connectivity index (χ4v) is 2.71. The van der Waals surface area contributed by atoms with Crippen LogP contribution in [0.2, 0.25) is 0 Å². The van der Waals surface area contributed by atoms with E-state index in [2.05, 4.69) is 0 Å². The minimum atomic E-state index is -3.12. The molecule has 0 heterocycles. The highest BCUT2D eigenvalue weighted by molar-refractivity contribution is 7.92. The molecular weight excluding hydrogens is 274 g/mol. The maximum Gasteiger partial charge on any atom is 0.156 e. The Morgan fingerprint density at radius 3 is 2.15 bits per heavy atom. The fourth-order valence-electron chi connectivity index (χ4n) is 1.59. The molecular formula is C14H23N3O2S. The first-order valence-corrected chi connectivity index (χ1v) is 8.08. The second kappa shape index (κ2) is 5.83. The summed E-state index contributed by atoms with van der Waals surface area (Å²) in [6.45, 7) is 5.57. The van der Waals surface area contributed by atoms with Crippen molar-refractivity contribution in [2.24, 2.45) is 5.73 Å². The Bertz CT molecular complexity index is 571. The normalized spacial score (nSPS) is 12.2. The predicted octanol–water partition coefficient (Wildman–Crippen LogP) is 1.62. The smallest absolute Gasteiger partial charge is 0.156 e. The standard InChI is InChI=1S/C14H23N3O2S/c1-14(2,3)20(18,19)10-9-17(4)12-7-5-11(6-8-12)13(15)16/h5-8H,9-10H2,1-4H3,(H3,15,16). The van der Waals surface area contributed by atoms with Crippen molar-refractivity contribution in [3.63, 3.8) is 0 Å². The molecule has 112 valence electrons. The van der Waals surface area contributed by atoms with Gasteiger partial charge >= 0.3 is 0 Å². The van der Waals surface area contributed by atoms with Gasteiger partial charge in [0.2, 0.25) is 0 Å². The van der Waals surface area contributed by atoms with Gasteiger partial charge in [0.1, 0.15) is 5.84 Å². The van der Waals surface area contributed by atoms with Gasteiger partial charge in [0.05, 0.1) is 10.5 Å². The molecule has 0 amide bonds. The van der Waals surface area contributed by atoms with Gasteiger partial charge in [-0.2, -0.15) is 0 Å². The van der Waals surface area contributed by atoms with Gasteiger partial charge in [-0.1, -0.05) is 0 Å². The van der Waals surface area contributed by atoms with Gasteiger partial charge in [0.15, 0.2) is 9.84 Å². The van der Waals surface area contributed by atoms with Crippen molar-refractivity contribution in [1.29, 1.82) is 5.41 Å². The molecule has 0 radical (unpaired) electrons. The van der Waals surface area contributed by atoms with Gasteiger partial charge < -0.3 is 10.6 Å². The molecule has 0 saturated heterocycles. The van der Waals surface area contributed by atoms with Crippen molar-refractivity contribution in [2.75, 3.05) is 24.2 Å². The van der Waals surface area contributed by atoms with E-state index in [0.717, 1.165) is 5.69 Å². The van der Waals surface area contributed by atoms with Crippen LogP contribution in [0.3, 0.4) is 0 Å². The predicted molar refractivity (Wildman–Crippen MR) is 84.3 cm³/mol. The first kappa shape index (κ1) is 16.5. The molecule has 0 unspecified atom stereocenters. The molecule has 0 saturated carbocycles. The molecule has 0 fully saturated rings. The van der Waals surface area contributed by atoms with Crippen LogP contribution >= 0.6 is 0 Å². The zero-order chi connectivity index (χ0) is 15.6. The molecule has 0 aliphatic carbocycles. The zero-order valence-corrected chi connectivity index (χ0v) is 13.3. The summed E-state index contributed by atoms with van der Waals surface area (Å²) in [6.07, 6.45) is 0. The molecule has 0 aliphatic heterocycles. The van der Waals surface area contributed by atoms with Crippen LogP contribution < -0.4 is 10.6 Å². The van der Waals surface area contributed by atoms with E-state index in [1.165, 1.54) is 0 Å². The van der Waals surface area contributed by atoms with Crippen molar-refractivity contribution >= 4 is 21.4 Å². The van der Waals surface area contributed by atoms with Crippen LogP contribution in [0.25, 0.3) is 0 Å². The Labute approximate surface area is 121 Å². The summed E-state index contributed by atoms with van der Waals surface area (Å²) >= 11 is 0. The number of nitrogens with one attached hydrogen (secondary N) is 1. The largest absolute Gasteiger partial charge is 0.384 e. The molecule has 0 bridgehead atoms. The average Bonchev–Trinajstić information content (AvgIpc) is 2.34. The first-order chi connectivity index (χ1) is 9.04. The zero-order valence-electron chi connectivity index (χ0n) is 12.5. The summed E-state index contributed by atoms with van der Waals surface area (Å²) in [5.74, 6) is 0.135. The van der Waals surface area contributed by atoms with E-state index in [-0.39, 0.29) is 11.6 Å². The second-order valence-corrected chi connectivity index (χ2v) is 8.68. The summed E-state index contributed by atoms with van der Waals surface area (Å²) in [7, 11) is -1.27. The van der Waals surface area contributed by atoms with Crippen LogP contribution in [0.1, 0.15) is 26.3 Å². The SMILES string of the molecule is CN(CCS(=O)(=O)C(C)(C)C)c1ccc(C(=N)N)cc1.